The first-order valence-electron chi connectivity index (χ1n) is 7.93. The van der Waals surface area contributed by atoms with E-state index in [-0.39, 0.29) is 11.7 Å². The Labute approximate surface area is 159 Å². The lowest BCUT2D eigenvalue weighted by atomic mass is 10.0. The molecule has 4 nitrogen and oxygen atoms in total. The van der Waals surface area contributed by atoms with Crippen molar-refractivity contribution < 1.29 is 14.3 Å². The largest absolute Gasteiger partial charge is 0.497 e. The van der Waals surface area contributed by atoms with Gasteiger partial charge in [0, 0.05) is 21.2 Å². The van der Waals surface area contributed by atoms with Crippen LogP contribution in [0.3, 0.4) is 0 Å². The molecule has 0 fully saturated rings. The van der Waals surface area contributed by atoms with E-state index in [1.54, 1.807) is 73.8 Å². The summed E-state index contributed by atoms with van der Waals surface area (Å²) in [5.74, 6) is 0.121. The van der Waals surface area contributed by atoms with Crippen molar-refractivity contribution >= 4 is 33.3 Å². The second-order valence-corrected chi connectivity index (χ2v) is 6.49. The van der Waals surface area contributed by atoms with Crippen LogP contribution in [0.2, 0.25) is 0 Å². The number of halogens is 1. The van der Waals surface area contributed by atoms with Gasteiger partial charge in [0.05, 0.1) is 12.8 Å². The molecule has 0 atom stereocenters. The number of methoxy groups -OCH3 is 1. The van der Waals surface area contributed by atoms with Gasteiger partial charge in [-0.2, -0.15) is 0 Å². The van der Waals surface area contributed by atoms with Crippen LogP contribution in [0.5, 0.6) is 5.75 Å². The number of ketones is 1. The number of ether oxygens (including phenoxy) is 1. The molecule has 1 N–H and O–H groups in total. The van der Waals surface area contributed by atoms with Crippen molar-refractivity contribution in [3.63, 3.8) is 0 Å². The zero-order valence-electron chi connectivity index (χ0n) is 14.0. The van der Waals surface area contributed by atoms with E-state index in [4.69, 9.17) is 4.74 Å². The van der Waals surface area contributed by atoms with Gasteiger partial charge in [0.1, 0.15) is 5.75 Å². The summed E-state index contributed by atoms with van der Waals surface area (Å²) in [4.78, 5) is 25.4. The summed E-state index contributed by atoms with van der Waals surface area (Å²) in [6.45, 7) is 0. The van der Waals surface area contributed by atoms with Crippen molar-refractivity contribution in [3.8, 4) is 5.75 Å². The molecule has 3 rings (SSSR count). The normalized spacial score (nSPS) is 10.2. The molecule has 0 bridgehead atoms. The number of carbonyl (C=O) groups is 2. The van der Waals surface area contributed by atoms with E-state index < -0.39 is 0 Å². The molecule has 1 amide bonds. The van der Waals surface area contributed by atoms with Gasteiger partial charge in [0.25, 0.3) is 5.91 Å². The number of hydrogen-bond acceptors (Lipinski definition) is 3. The topological polar surface area (TPSA) is 55.4 Å². The fourth-order valence-electron chi connectivity index (χ4n) is 2.52. The van der Waals surface area contributed by atoms with E-state index in [1.165, 1.54) is 0 Å². The molecule has 0 heterocycles. The van der Waals surface area contributed by atoms with Crippen LogP contribution in [0, 0.1) is 0 Å². The van der Waals surface area contributed by atoms with Crippen LogP contribution in [0.15, 0.2) is 77.3 Å². The highest BCUT2D eigenvalue weighted by Gasteiger charge is 2.16. The molecular weight excluding hydrogens is 394 g/mol. The van der Waals surface area contributed by atoms with Crippen molar-refractivity contribution in [1.82, 2.24) is 0 Å². The fourth-order valence-corrected chi connectivity index (χ4v) is 2.88. The Bertz CT molecular complexity index is 954. The molecule has 5 heteroatoms. The summed E-state index contributed by atoms with van der Waals surface area (Å²) < 4.78 is 5.91. The molecule has 0 saturated carbocycles. The van der Waals surface area contributed by atoms with E-state index in [2.05, 4.69) is 21.2 Å². The zero-order chi connectivity index (χ0) is 18.5. The van der Waals surface area contributed by atoms with Crippen molar-refractivity contribution in [2.24, 2.45) is 0 Å². The molecular formula is C21H16BrNO3. The highest BCUT2D eigenvalue weighted by Crippen LogP contribution is 2.25. The van der Waals surface area contributed by atoms with Crippen LogP contribution in [-0.2, 0) is 0 Å². The number of anilines is 1. The summed E-state index contributed by atoms with van der Waals surface area (Å²) in [5.41, 5.74) is 1.88. The minimum Gasteiger partial charge on any atom is -0.497 e. The molecule has 26 heavy (non-hydrogen) atoms. The number of rotatable bonds is 5. The van der Waals surface area contributed by atoms with Crippen molar-refractivity contribution in [2.75, 3.05) is 12.4 Å². The summed E-state index contributed by atoms with van der Waals surface area (Å²) in [7, 11) is 1.54. The quantitative estimate of drug-likeness (QED) is 0.607. The van der Waals surface area contributed by atoms with Crippen molar-refractivity contribution in [1.29, 1.82) is 0 Å². The van der Waals surface area contributed by atoms with Crippen LogP contribution < -0.4 is 10.1 Å². The smallest absolute Gasteiger partial charge is 0.255 e. The van der Waals surface area contributed by atoms with Gasteiger partial charge in [-0.3, -0.25) is 9.59 Å². The second kappa shape index (κ2) is 7.97. The first kappa shape index (κ1) is 17.9. The van der Waals surface area contributed by atoms with Crippen molar-refractivity contribution in [3.05, 3.63) is 94.0 Å². The first-order chi connectivity index (χ1) is 12.6. The molecule has 0 saturated heterocycles. The average molecular weight is 410 g/mol. The molecule has 130 valence electrons. The maximum atomic E-state index is 12.8. The minimum atomic E-state index is -0.312. The number of nitrogens with one attached hydrogen (secondary N) is 1. The number of amides is 1. The van der Waals surface area contributed by atoms with Crippen LogP contribution in [0.25, 0.3) is 0 Å². The SMILES string of the molecule is COc1cccc(C(=O)Nc2ccc(Br)cc2C(=O)c2ccccc2)c1. The van der Waals surface area contributed by atoms with E-state index in [0.29, 0.717) is 28.1 Å². The van der Waals surface area contributed by atoms with Gasteiger partial charge in [-0.25, -0.2) is 0 Å². The van der Waals surface area contributed by atoms with Gasteiger partial charge in [-0.15, -0.1) is 0 Å². The molecule has 0 spiro atoms. The van der Waals surface area contributed by atoms with Gasteiger partial charge in [0.2, 0.25) is 0 Å². The standard InChI is InChI=1S/C21H16BrNO3/c1-26-17-9-5-8-15(12-17)21(25)23-19-11-10-16(22)13-18(19)20(24)14-6-3-2-4-7-14/h2-13H,1H3,(H,23,25). The van der Waals surface area contributed by atoms with Crippen LogP contribution in [0.1, 0.15) is 26.3 Å². The Morgan fingerprint density at radius 3 is 2.35 bits per heavy atom. The Hall–Kier alpha value is -2.92. The van der Waals surface area contributed by atoms with E-state index in [9.17, 15) is 9.59 Å². The summed E-state index contributed by atoms with van der Waals surface area (Å²) in [5, 5.41) is 2.82. The summed E-state index contributed by atoms with van der Waals surface area (Å²) in [6, 6.07) is 21.0. The van der Waals surface area contributed by atoms with Crippen LogP contribution in [0.4, 0.5) is 5.69 Å². The Morgan fingerprint density at radius 1 is 0.885 bits per heavy atom. The summed E-state index contributed by atoms with van der Waals surface area (Å²) >= 11 is 3.39. The maximum Gasteiger partial charge on any atom is 0.255 e. The van der Waals surface area contributed by atoms with Crippen molar-refractivity contribution in [2.45, 2.75) is 0 Å². The van der Waals surface area contributed by atoms with E-state index in [1.807, 2.05) is 6.07 Å². The predicted octanol–water partition coefficient (Wildman–Crippen LogP) is 4.94. The van der Waals surface area contributed by atoms with E-state index in [0.717, 1.165) is 4.47 Å². The lowest BCUT2D eigenvalue weighted by molar-refractivity contribution is 0.102. The van der Waals surface area contributed by atoms with Crippen LogP contribution >= 0.6 is 15.9 Å². The minimum absolute atomic E-state index is 0.159. The number of carbonyl (C=O) groups excluding carboxylic acids is 2. The highest BCUT2D eigenvalue weighted by molar-refractivity contribution is 9.10. The maximum absolute atomic E-state index is 12.8. The fraction of sp³-hybridized carbons (Fsp3) is 0.0476. The van der Waals surface area contributed by atoms with Gasteiger partial charge in [-0.05, 0) is 36.4 Å². The lowest BCUT2D eigenvalue weighted by Gasteiger charge is -2.12. The Morgan fingerprint density at radius 2 is 1.62 bits per heavy atom. The lowest BCUT2D eigenvalue weighted by Crippen LogP contribution is -2.15. The van der Waals surface area contributed by atoms with Gasteiger partial charge in [-0.1, -0.05) is 52.3 Å². The molecule has 0 aliphatic rings. The monoisotopic (exact) mass is 409 g/mol. The predicted molar refractivity (Wildman–Crippen MR) is 105 cm³/mol. The molecule has 0 aromatic heterocycles. The third-order valence-electron chi connectivity index (χ3n) is 3.84. The first-order valence-corrected chi connectivity index (χ1v) is 8.72. The second-order valence-electron chi connectivity index (χ2n) is 5.57. The molecule has 3 aromatic carbocycles. The molecule has 3 aromatic rings. The van der Waals surface area contributed by atoms with Gasteiger partial charge in [0.15, 0.2) is 5.78 Å². The Kier molecular flexibility index (Phi) is 5.49. The van der Waals surface area contributed by atoms with Crippen LogP contribution in [-0.4, -0.2) is 18.8 Å². The third kappa shape index (κ3) is 4.00. The van der Waals surface area contributed by atoms with Gasteiger partial charge < -0.3 is 10.1 Å². The summed E-state index contributed by atoms with van der Waals surface area (Å²) in [6.07, 6.45) is 0. The zero-order valence-corrected chi connectivity index (χ0v) is 15.6. The third-order valence-corrected chi connectivity index (χ3v) is 4.34. The number of hydrogen-bond donors (Lipinski definition) is 1. The molecule has 0 aliphatic heterocycles. The van der Waals surface area contributed by atoms with E-state index >= 15 is 0 Å². The molecule has 0 radical (unpaired) electrons. The molecule has 0 aliphatic carbocycles. The Balaban J connectivity index is 1.93. The highest BCUT2D eigenvalue weighted by atomic mass is 79.9. The molecule has 0 unspecified atom stereocenters. The van der Waals surface area contributed by atoms with Gasteiger partial charge >= 0.3 is 0 Å². The average Bonchev–Trinajstić information content (AvgIpc) is 2.69. The number of benzene rings is 3.